The lowest BCUT2D eigenvalue weighted by molar-refractivity contribution is 0.576. The van der Waals surface area contributed by atoms with Crippen molar-refractivity contribution in [3.8, 4) is 0 Å². The summed E-state index contributed by atoms with van der Waals surface area (Å²) in [7, 11) is 0. The van der Waals surface area contributed by atoms with Crippen molar-refractivity contribution in [1.82, 2.24) is 9.55 Å². The third-order valence-corrected chi connectivity index (χ3v) is 3.00. The Morgan fingerprint density at radius 2 is 1.82 bits per heavy atom. The maximum Gasteiger partial charge on any atom is 0.0946 e. The van der Waals surface area contributed by atoms with E-state index in [2.05, 4.69) is 43.1 Å². The number of rotatable bonds is 4. The van der Waals surface area contributed by atoms with Gasteiger partial charge in [0.1, 0.15) is 0 Å². The first-order valence-corrected chi connectivity index (χ1v) is 5.98. The predicted octanol–water partition coefficient (Wildman–Crippen LogP) is 2.71. The van der Waals surface area contributed by atoms with E-state index in [4.69, 9.17) is 5.73 Å². The second kappa shape index (κ2) is 5.15. The summed E-state index contributed by atoms with van der Waals surface area (Å²) in [6.07, 6.45) is 5.50. The average molecular weight is 229 g/mol. The molecule has 2 N–H and O–H groups in total. The van der Waals surface area contributed by atoms with Crippen LogP contribution < -0.4 is 5.73 Å². The third-order valence-electron chi connectivity index (χ3n) is 3.00. The van der Waals surface area contributed by atoms with Gasteiger partial charge in [-0.15, -0.1) is 0 Å². The number of hydrogen-bond acceptors (Lipinski definition) is 2. The highest BCUT2D eigenvalue weighted by Gasteiger charge is 2.07. The number of aromatic nitrogens is 2. The van der Waals surface area contributed by atoms with Crippen molar-refractivity contribution >= 4 is 0 Å². The fourth-order valence-corrected chi connectivity index (χ4v) is 1.86. The highest BCUT2D eigenvalue weighted by molar-refractivity contribution is 5.26. The Balaban J connectivity index is 2.06. The molecule has 3 nitrogen and oxygen atoms in total. The van der Waals surface area contributed by atoms with Crippen molar-refractivity contribution in [3.63, 3.8) is 0 Å². The molecule has 0 fully saturated rings. The van der Waals surface area contributed by atoms with Crippen LogP contribution in [0.25, 0.3) is 0 Å². The third kappa shape index (κ3) is 2.94. The van der Waals surface area contributed by atoms with Crippen LogP contribution in [0.2, 0.25) is 0 Å². The van der Waals surface area contributed by atoms with Crippen LogP contribution in [0.4, 0.5) is 0 Å². The first-order valence-electron chi connectivity index (χ1n) is 5.98. The Bertz CT molecular complexity index is 443. The molecule has 0 aliphatic heterocycles. The Morgan fingerprint density at radius 1 is 1.18 bits per heavy atom. The maximum absolute atomic E-state index is 6.16. The van der Waals surface area contributed by atoms with Gasteiger partial charge in [0.25, 0.3) is 0 Å². The average Bonchev–Trinajstić information content (AvgIpc) is 2.82. The molecule has 17 heavy (non-hydrogen) atoms. The highest BCUT2D eigenvalue weighted by atomic mass is 15.0. The van der Waals surface area contributed by atoms with E-state index < -0.39 is 0 Å². The van der Waals surface area contributed by atoms with Crippen molar-refractivity contribution in [2.45, 2.75) is 32.4 Å². The van der Waals surface area contributed by atoms with Crippen molar-refractivity contribution in [2.75, 3.05) is 0 Å². The van der Waals surface area contributed by atoms with E-state index in [0.29, 0.717) is 5.92 Å². The summed E-state index contributed by atoms with van der Waals surface area (Å²) >= 11 is 0. The van der Waals surface area contributed by atoms with Crippen molar-refractivity contribution in [1.29, 1.82) is 0 Å². The first-order chi connectivity index (χ1) is 8.16. The van der Waals surface area contributed by atoms with Crippen LogP contribution in [0, 0.1) is 0 Å². The van der Waals surface area contributed by atoms with Gasteiger partial charge in [-0.2, -0.15) is 0 Å². The van der Waals surface area contributed by atoms with Crippen LogP contribution in [0.5, 0.6) is 0 Å². The van der Waals surface area contributed by atoms with Gasteiger partial charge >= 0.3 is 0 Å². The van der Waals surface area contributed by atoms with Crippen LogP contribution in [0.15, 0.2) is 43.0 Å². The monoisotopic (exact) mass is 229 g/mol. The molecule has 0 aliphatic carbocycles. The van der Waals surface area contributed by atoms with Crippen LogP contribution in [0.3, 0.4) is 0 Å². The van der Waals surface area contributed by atoms with Gasteiger partial charge in [0.15, 0.2) is 0 Å². The molecule has 2 aromatic rings. The molecule has 1 aromatic heterocycles. The topological polar surface area (TPSA) is 43.8 Å². The lowest BCUT2D eigenvalue weighted by Gasteiger charge is -2.14. The minimum absolute atomic E-state index is 0.0189. The number of hydrogen-bond donors (Lipinski definition) is 1. The van der Waals surface area contributed by atoms with Gasteiger partial charge in [-0.3, -0.25) is 0 Å². The second-order valence-corrected chi connectivity index (χ2v) is 4.69. The Morgan fingerprint density at radius 3 is 2.35 bits per heavy atom. The lowest BCUT2D eigenvalue weighted by atomic mass is 9.99. The fraction of sp³-hybridized carbons (Fsp3) is 0.357. The largest absolute Gasteiger partial charge is 0.336 e. The second-order valence-electron chi connectivity index (χ2n) is 4.69. The number of imidazole rings is 1. The lowest BCUT2D eigenvalue weighted by Crippen LogP contribution is -2.16. The normalized spacial score (nSPS) is 12.9. The summed E-state index contributed by atoms with van der Waals surface area (Å²) < 4.78 is 2.00. The first kappa shape index (κ1) is 11.9. The van der Waals surface area contributed by atoms with Crippen LogP contribution >= 0.6 is 0 Å². The molecule has 1 heterocycles. The smallest absolute Gasteiger partial charge is 0.0946 e. The van der Waals surface area contributed by atoms with E-state index >= 15 is 0 Å². The van der Waals surface area contributed by atoms with E-state index in [9.17, 15) is 0 Å². The van der Waals surface area contributed by atoms with E-state index in [-0.39, 0.29) is 6.04 Å². The Kier molecular flexibility index (Phi) is 3.59. The van der Waals surface area contributed by atoms with E-state index in [1.54, 1.807) is 12.5 Å². The van der Waals surface area contributed by atoms with Gasteiger partial charge in [-0.1, -0.05) is 38.1 Å². The highest BCUT2D eigenvalue weighted by Crippen LogP contribution is 2.18. The fourth-order valence-electron chi connectivity index (χ4n) is 1.86. The molecule has 0 saturated carbocycles. The van der Waals surface area contributed by atoms with Crippen molar-refractivity contribution < 1.29 is 0 Å². The van der Waals surface area contributed by atoms with E-state index in [1.165, 1.54) is 11.1 Å². The van der Waals surface area contributed by atoms with Crippen LogP contribution in [-0.4, -0.2) is 9.55 Å². The Labute approximate surface area is 102 Å². The van der Waals surface area contributed by atoms with Gasteiger partial charge in [0, 0.05) is 25.0 Å². The van der Waals surface area contributed by atoms with Crippen molar-refractivity contribution in [3.05, 3.63) is 54.1 Å². The molecule has 0 radical (unpaired) electrons. The Hall–Kier alpha value is -1.61. The van der Waals surface area contributed by atoms with Gasteiger partial charge < -0.3 is 10.3 Å². The summed E-state index contributed by atoms with van der Waals surface area (Å²) in [5.41, 5.74) is 8.68. The van der Waals surface area contributed by atoms with E-state index in [1.807, 2.05) is 10.8 Å². The summed E-state index contributed by atoms with van der Waals surface area (Å²) in [5, 5.41) is 0. The maximum atomic E-state index is 6.16. The molecule has 1 atom stereocenters. The molecule has 0 spiro atoms. The summed E-state index contributed by atoms with van der Waals surface area (Å²) in [5.74, 6) is 0.564. The van der Waals surface area contributed by atoms with Gasteiger partial charge in [-0.05, 0) is 17.0 Å². The molecule has 0 saturated heterocycles. The molecule has 3 heteroatoms. The summed E-state index contributed by atoms with van der Waals surface area (Å²) in [4.78, 5) is 4.01. The minimum atomic E-state index is 0.0189. The molecule has 1 unspecified atom stereocenters. The SMILES string of the molecule is CC(C)c1ccc(C(N)Cn2ccnc2)cc1. The quantitative estimate of drug-likeness (QED) is 0.876. The van der Waals surface area contributed by atoms with Gasteiger partial charge in [-0.25, -0.2) is 4.98 Å². The molecule has 0 amide bonds. The molecule has 0 bridgehead atoms. The molecule has 90 valence electrons. The predicted molar refractivity (Wildman–Crippen MR) is 69.7 cm³/mol. The van der Waals surface area contributed by atoms with Gasteiger partial charge in [0.2, 0.25) is 0 Å². The molecule has 0 aliphatic rings. The van der Waals surface area contributed by atoms with Gasteiger partial charge in [0.05, 0.1) is 6.33 Å². The van der Waals surface area contributed by atoms with Crippen molar-refractivity contribution in [2.24, 2.45) is 5.73 Å². The standard InChI is InChI=1S/C14H19N3/c1-11(2)12-3-5-13(6-4-12)14(15)9-17-8-7-16-10-17/h3-8,10-11,14H,9,15H2,1-2H3. The summed E-state index contributed by atoms with van der Waals surface area (Å²) in [6.45, 7) is 5.15. The zero-order chi connectivity index (χ0) is 12.3. The number of nitrogens with two attached hydrogens (primary N) is 1. The zero-order valence-corrected chi connectivity index (χ0v) is 10.4. The van der Waals surface area contributed by atoms with Crippen LogP contribution in [0.1, 0.15) is 36.9 Å². The zero-order valence-electron chi connectivity index (χ0n) is 10.4. The number of nitrogens with zero attached hydrogens (tertiary/aromatic N) is 2. The molecular formula is C14H19N3. The summed E-state index contributed by atoms with van der Waals surface area (Å²) in [6, 6.07) is 8.58. The molecule has 1 aromatic carbocycles. The molecule has 2 rings (SSSR count). The minimum Gasteiger partial charge on any atom is -0.336 e. The number of benzene rings is 1. The van der Waals surface area contributed by atoms with Crippen LogP contribution in [-0.2, 0) is 6.54 Å². The molecular weight excluding hydrogens is 210 g/mol. The van der Waals surface area contributed by atoms with E-state index in [0.717, 1.165) is 6.54 Å².